The second-order valence-electron chi connectivity index (χ2n) is 15.0. The molecular weight excluding hydrogens is 572 g/mol. The van der Waals surface area contributed by atoms with E-state index >= 15 is 0 Å². The zero-order valence-electron chi connectivity index (χ0n) is 26.4. The fraction of sp³-hybridized carbons (Fsp3) is 0.618. The summed E-state index contributed by atoms with van der Waals surface area (Å²) in [6, 6.07) is 7.46. The van der Waals surface area contributed by atoms with Crippen molar-refractivity contribution in [1.29, 1.82) is 0 Å². The fourth-order valence-electron chi connectivity index (χ4n) is 8.33. The minimum Gasteiger partial charge on any atom is -0.493 e. The normalized spacial score (nSPS) is 30.0. The van der Waals surface area contributed by atoms with Crippen LogP contribution < -0.4 is 10.1 Å². The Morgan fingerprint density at radius 3 is 2.53 bits per heavy atom. The van der Waals surface area contributed by atoms with E-state index in [2.05, 4.69) is 20.0 Å². The maximum Gasteiger partial charge on any atom is 0.410 e. The van der Waals surface area contributed by atoms with Gasteiger partial charge in [0.05, 0.1) is 24.2 Å². The number of hydrogen-bond acceptors (Lipinski definition) is 7. The van der Waals surface area contributed by atoms with Crippen LogP contribution in [-0.4, -0.2) is 101 Å². The zero-order chi connectivity index (χ0) is 31.6. The molecule has 2 bridgehead atoms. The molecule has 1 N–H and O–H groups in total. The zero-order valence-corrected chi connectivity index (χ0v) is 26.4. The molecule has 0 radical (unpaired) electrons. The number of fused-ring (bicyclic) bond motifs is 2. The number of carbonyl (C=O) groups excluding carboxylic acids is 3. The number of rotatable bonds is 8. The third-order valence-corrected chi connectivity index (χ3v) is 10.3. The number of benzene rings is 1. The van der Waals surface area contributed by atoms with Gasteiger partial charge in [-0.3, -0.25) is 29.2 Å². The van der Waals surface area contributed by atoms with Crippen molar-refractivity contribution in [1.82, 2.24) is 25.0 Å². The summed E-state index contributed by atoms with van der Waals surface area (Å²) in [5.41, 5.74) is 1.23. The van der Waals surface area contributed by atoms with Crippen molar-refractivity contribution in [3.8, 4) is 5.75 Å². The molecule has 1 aromatic heterocycles. The number of nitrogens with one attached hydrogen (secondary N) is 1. The summed E-state index contributed by atoms with van der Waals surface area (Å²) in [7, 11) is 0. The first-order chi connectivity index (χ1) is 21.5. The van der Waals surface area contributed by atoms with Gasteiger partial charge in [-0.15, -0.1) is 0 Å². The second-order valence-corrected chi connectivity index (χ2v) is 15.0. The lowest BCUT2D eigenvalue weighted by Crippen LogP contribution is -2.68. The number of aromatic nitrogens is 1. The molecule has 2 aromatic rings. The Morgan fingerprint density at radius 1 is 1.07 bits per heavy atom. The van der Waals surface area contributed by atoms with Crippen LogP contribution in [0.4, 0.5) is 4.79 Å². The van der Waals surface area contributed by atoms with Crippen LogP contribution >= 0.6 is 0 Å². The summed E-state index contributed by atoms with van der Waals surface area (Å²) in [6.07, 6.45) is 6.12. The summed E-state index contributed by atoms with van der Waals surface area (Å²) >= 11 is 0. The fourth-order valence-corrected chi connectivity index (χ4v) is 8.33. The lowest BCUT2D eigenvalue weighted by atomic mass is 9.35. The van der Waals surface area contributed by atoms with Crippen molar-refractivity contribution >= 4 is 28.8 Å². The SMILES string of the molecule is [C-]#[N+][C@@H]1C[C@@H]2C[C@@H]2N1C(=O)CNC(=O)c1ccnc2ccc(OCC34CC(CN5CCN(C(=O)OC(C)(C)C)CC5)(C3)C4)cc12. The van der Waals surface area contributed by atoms with Gasteiger partial charge in [0.2, 0.25) is 5.91 Å². The van der Waals surface area contributed by atoms with E-state index in [1.807, 2.05) is 43.9 Å². The first kappa shape index (κ1) is 29.8. The molecule has 8 rings (SSSR count). The van der Waals surface area contributed by atoms with Gasteiger partial charge in [0, 0.05) is 62.2 Å². The van der Waals surface area contributed by atoms with Crippen LogP contribution in [0.15, 0.2) is 30.5 Å². The highest BCUT2D eigenvalue weighted by Crippen LogP contribution is 2.73. The summed E-state index contributed by atoms with van der Waals surface area (Å²) in [6.45, 7) is 17.8. The maximum absolute atomic E-state index is 13.2. The number of likely N-dealkylation sites (tertiary alicyclic amines) is 1. The number of pyridine rings is 1. The topological polar surface area (TPSA) is 109 Å². The van der Waals surface area contributed by atoms with Crippen molar-refractivity contribution in [3.63, 3.8) is 0 Å². The number of piperazine rings is 1. The standard InChI is InChI=1S/C34H42N6O5/c1-32(2,3)45-31(43)39-11-9-38(10-12-39)20-33-17-34(18-33,19-33)21-44-23-5-6-26-25(15-23)24(7-8-36-26)30(42)37-16-29(41)40-27-13-22(27)14-28(40)35-4/h5-8,15,22,27-28H,9-14,16-21H2,1-3H3,(H,37,42)/t22-,27-,28-,33?,34?/m0/s1. The first-order valence-electron chi connectivity index (χ1n) is 16.1. The summed E-state index contributed by atoms with van der Waals surface area (Å²) in [5, 5.41) is 3.46. The smallest absolute Gasteiger partial charge is 0.410 e. The molecule has 4 saturated carbocycles. The summed E-state index contributed by atoms with van der Waals surface area (Å²) in [5.74, 6) is 0.605. The van der Waals surface area contributed by atoms with Crippen LogP contribution in [0, 0.1) is 23.3 Å². The van der Waals surface area contributed by atoms with Gasteiger partial charge in [-0.25, -0.2) is 11.4 Å². The molecule has 11 nitrogen and oxygen atoms in total. The number of piperidine rings is 1. The van der Waals surface area contributed by atoms with E-state index in [4.69, 9.17) is 16.0 Å². The van der Waals surface area contributed by atoms with Crippen molar-refractivity contribution in [2.75, 3.05) is 45.9 Å². The number of carbonyl (C=O) groups is 3. The molecule has 11 heteroatoms. The molecule has 3 heterocycles. The van der Waals surface area contributed by atoms with Crippen LogP contribution in [0.25, 0.3) is 15.7 Å². The van der Waals surface area contributed by atoms with Crippen LogP contribution in [0.5, 0.6) is 5.75 Å². The van der Waals surface area contributed by atoms with Crippen molar-refractivity contribution in [2.24, 2.45) is 16.7 Å². The van der Waals surface area contributed by atoms with Crippen molar-refractivity contribution < 1.29 is 23.9 Å². The largest absolute Gasteiger partial charge is 0.493 e. The molecule has 3 atom stereocenters. The van der Waals surface area contributed by atoms with E-state index in [0.717, 1.165) is 51.7 Å². The second kappa shape index (κ2) is 10.9. The van der Waals surface area contributed by atoms with E-state index in [-0.39, 0.29) is 35.9 Å². The molecule has 238 valence electrons. The van der Waals surface area contributed by atoms with Gasteiger partial charge in [0.1, 0.15) is 11.4 Å². The minimum absolute atomic E-state index is 0.127. The van der Waals surface area contributed by atoms with Gasteiger partial charge in [-0.1, -0.05) is 0 Å². The molecular formula is C34H42N6O5. The molecule has 0 spiro atoms. The first-order valence-corrected chi connectivity index (χ1v) is 16.1. The number of nitrogens with zero attached hydrogens (tertiary/aromatic N) is 5. The lowest BCUT2D eigenvalue weighted by Gasteiger charge is -2.71. The molecule has 0 unspecified atom stereocenters. The van der Waals surface area contributed by atoms with Gasteiger partial charge >= 0.3 is 12.3 Å². The Morgan fingerprint density at radius 2 is 1.82 bits per heavy atom. The number of ether oxygens (including phenoxy) is 2. The Balaban J connectivity index is 0.895. The summed E-state index contributed by atoms with van der Waals surface area (Å²) in [4.78, 5) is 52.4. The van der Waals surface area contributed by atoms with Crippen LogP contribution in [0.3, 0.4) is 0 Å². The van der Waals surface area contributed by atoms with E-state index in [0.29, 0.717) is 53.2 Å². The van der Waals surface area contributed by atoms with E-state index in [9.17, 15) is 14.4 Å². The highest BCUT2D eigenvalue weighted by Gasteiger charge is 2.68. The Kier molecular flexibility index (Phi) is 7.19. The lowest BCUT2D eigenvalue weighted by molar-refractivity contribution is -0.228. The predicted octanol–water partition coefficient (Wildman–Crippen LogP) is 3.93. The summed E-state index contributed by atoms with van der Waals surface area (Å²) < 4.78 is 11.8. The number of amides is 3. The van der Waals surface area contributed by atoms with Crippen molar-refractivity contribution in [2.45, 2.75) is 70.7 Å². The van der Waals surface area contributed by atoms with Gasteiger partial charge in [0.15, 0.2) is 0 Å². The van der Waals surface area contributed by atoms with E-state index < -0.39 is 11.8 Å². The average molecular weight is 615 g/mol. The molecule has 45 heavy (non-hydrogen) atoms. The van der Waals surface area contributed by atoms with Gasteiger partial charge in [-0.05, 0) is 82.1 Å². The van der Waals surface area contributed by atoms with E-state index in [1.165, 1.54) is 0 Å². The van der Waals surface area contributed by atoms with Crippen molar-refractivity contribution in [3.05, 3.63) is 47.4 Å². The monoisotopic (exact) mass is 614 g/mol. The third-order valence-electron chi connectivity index (χ3n) is 10.3. The predicted molar refractivity (Wildman–Crippen MR) is 166 cm³/mol. The Hall–Kier alpha value is -3.91. The molecule has 2 saturated heterocycles. The van der Waals surface area contributed by atoms with Gasteiger partial charge < -0.3 is 19.7 Å². The maximum atomic E-state index is 13.2. The van der Waals surface area contributed by atoms with Crippen LogP contribution in [-0.2, 0) is 9.53 Å². The Labute approximate surface area is 264 Å². The Bertz CT molecular complexity index is 1550. The molecule has 2 aliphatic heterocycles. The quantitative estimate of drug-likeness (QED) is 0.449. The molecule has 1 aromatic carbocycles. The third kappa shape index (κ3) is 5.81. The van der Waals surface area contributed by atoms with E-state index in [1.54, 1.807) is 17.2 Å². The number of hydrogen-bond donors (Lipinski definition) is 1. The molecule has 3 amide bonds. The minimum atomic E-state index is -0.475. The highest BCUT2D eigenvalue weighted by atomic mass is 16.6. The van der Waals surface area contributed by atoms with Gasteiger partial charge in [0.25, 0.3) is 5.91 Å². The van der Waals surface area contributed by atoms with Gasteiger partial charge in [-0.2, -0.15) is 0 Å². The van der Waals surface area contributed by atoms with Crippen LogP contribution in [0.2, 0.25) is 0 Å². The molecule has 4 aliphatic carbocycles. The average Bonchev–Trinajstić information content (AvgIpc) is 3.64. The van der Waals surface area contributed by atoms with Crippen LogP contribution in [0.1, 0.15) is 63.2 Å². The molecule has 6 fully saturated rings. The highest BCUT2D eigenvalue weighted by molar-refractivity contribution is 6.07. The molecule has 6 aliphatic rings.